The van der Waals surface area contributed by atoms with Crippen molar-refractivity contribution in [3.63, 3.8) is 0 Å². The minimum atomic E-state index is -4.64. The molecule has 0 bridgehead atoms. The van der Waals surface area contributed by atoms with E-state index < -0.39 is 7.82 Å². The van der Waals surface area contributed by atoms with Crippen molar-refractivity contribution in [3.05, 3.63) is 30.3 Å². The first-order valence-corrected chi connectivity index (χ1v) is 4.55. The normalized spacial score (nSPS) is 9.15. The summed E-state index contributed by atoms with van der Waals surface area (Å²) >= 11 is 0. The quantitative estimate of drug-likeness (QED) is 0.217. The molecule has 7 heteroatoms. The summed E-state index contributed by atoms with van der Waals surface area (Å²) in [5, 5.41) is 0. The first-order chi connectivity index (χ1) is 5.39. The molecule has 1 aromatic carbocycles. The molecule has 0 aliphatic rings. The first-order valence-electron chi connectivity index (χ1n) is 2.98. The molecule has 1 aromatic rings. The van der Waals surface area contributed by atoms with Crippen molar-refractivity contribution in [1.82, 2.24) is 0 Å². The molecule has 0 atom stereocenters. The van der Waals surface area contributed by atoms with Gasteiger partial charge in [-0.25, -0.2) is 4.57 Å². The Morgan fingerprint density at radius 1 is 1.15 bits per heavy atom. The molecule has 0 radical (unpaired) electrons. The van der Waals surface area contributed by atoms with E-state index in [4.69, 9.17) is 25.0 Å². The molecular formula is C6H11NNaO4P. The van der Waals surface area contributed by atoms with E-state index in [0.717, 1.165) is 5.69 Å². The molecule has 0 spiro atoms. The zero-order chi connectivity index (χ0) is 9.61. The van der Waals surface area contributed by atoms with Crippen LogP contribution in [0.4, 0.5) is 5.69 Å². The molecule has 0 unspecified atom stereocenters. The van der Waals surface area contributed by atoms with Crippen LogP contribution >= 0.6 is 7.82 Å². The maximum absolute atomic E-state index is 8.88. The summed E-state index contributed by atoms with van der Waals surface area (Å²) in [5.41, 5.74) is 6.18. The fraction of sp³-hybridized carbons (Fsp3) is 0. The third-order valence-corrected chi connectivity index (χ3v) is 0.800. The van der Waals surface area contributed by atoms with Gasteiger partial charge in [-0.2, -0.15) is 0 Å². The summed E-state index contributed by atoms with van der Waals surface area (Å²) < 4.78 is 8.88. The van der Waals surface area contributed by atoms with E-state index in [0.29, 0.717) is 0 Å². The van der Waals surface area contributed by atoms with E-state index in [2.05, 4.69) is 0 Å². The number of phosphoric acid groups is 1. The standard InChI is InChI=1S/C6H7N.Na.H3O4P.H/c7-6-4-2-1-3-5-6;;1-5(2,3)4;/h1-5H,7H2;;(H3,1,2,3,4);/q;+1;;-1. The molecule has 0 aliphatic carbocycles. The summed E-state index contributed by atoms with van der Waals surface area (Å²) in [6.07, 6.45) is 0. The third kappa shape index (κ3) is 18.8. The summed E-state index contributed by atoms with van der Waals surface area (Å²) in [7, 11) is -4.64. The molecule has 70 valence electrons. The summed E-state index contributed by atoms with van der Waals surface area (Å²) in [6, 6.07) is 9.49. The Balaban J connectivity index is -0.000000159. The molecule has 13 heavy (non-hydrogen) atoms. The maximum Gasteiger partial charge on any atom is 1.00 e. The van der Waals surface area contributed by atoms with Gasteiger partial charge in [0.1, 0.15) is 0 Å². The molecule has 0 fully saturated rings. The van der Waals surface area contributed by atoms with Gasteiger partial charge < -0.3 is 21.8 Å². The Morgan fingerprint density at radius 3 is 1.62 bits per heavy atom. The number of hydrogen-bond acceptors (Lipinski definition) is 2. The number of nitrogens with two attached hydrogens (primary N) is 1. The summed E-state index contributed by atoms with van der Waals surface area (Å²) in [5.74, 6) is 0. The first kappa shape index (κ1) is 15.6. The molecular weight excluding hydrogens is 204 g/mol. The molecule has 5 N–H and O–H groups in total. The van der Waals surface area contributed by atoms with Crippen molar-refractivity contribution in [2.75, 3.05) is 5.73 Å². The second-order valence-corrected chi connectivity index (χ2v) is 2.95. The predicted octanol–water partition coefficient (Wildman–Crippen LogP) is -2.54. The SMILES string of the molecule is Nc1ccccc1.O=P(O)(O)O.[H-].[Na+]. The van der Waals surface area contributed by atoms with Gasteiger partial charge in [0.05, 0.1) is 0 Å². The van der Waals surface area contributed by atoms with Crippen LogP contribution in [0.3, 0.4) is 0 Å². The average molecular weight is 215 g/mol. The molecule has 1 rings (SSSR count). The van der Waals surface area contributed by atoms with Gasteiger partial charge in [0.15, 0.2) is 0 Å². The zero-order valence-corrected chi connectivity index (χ0v) is 10.1. The predicted molar refractivity (Wildman–Crippen MR) is 46.2 cm³/mol. The molecule has 0 aliphatic heterocycles. The van der Waals surface area contributed by atoms with Crippen LogP contribution in [0.5, 0.6) is 0 Å². The molecule has 0 saturated carbocycles. The Bertz CT molecular complexity index is 260. The van der Waals surface area contributed by atoms with E-state index in [-0.39, 0.29) is 31.0 Å². The van der Waals surface area contributed by atoms with Crippen LogP contribution in [0.2, 0.25) is 0 Å². The monoisotopic (exact) mass is 215 g/mol. The fourth-order valence-electron chi connectivity index (χ4n) is 0.453. The van der Waals surface area contributed by atoms with Crippen LogP contribution in [0.1, 0.15) is 1.43 Å². The molecule has 0 amide bonds. The average Bonchev–Trinajstić information content (AvgIpc) is 1.85. The van der Waals surface area contributed by atoms with Crippen molar-refractivity contribution < 1.29 is 50.2 Å². The number of nitrogen functional groups attached to an aromatic ring is 1. The van der Waals surface area contributed by atoms with Crippen LogP contribution in [0.25, 0.3) is 0 Å². The van der Waals surface area contributed by atoms with E-state index in [9.17, 15) is 0 Å². The van der Waals surface area contributed by atoms with Gasteiger partial charge in [-0.1, -0.05) is 18.2 Å². The van der Waals surface area contributed by atoms with Crippen LogP contribution in [0, 0.1) is 0 Å². The fourth-order valence-corrected chi connectivity index (χ4v) is 0.453. The molecule has 0 aromatic heterocycles. The topological polar surface area (TPSA) is 104 Å². The van der Waals surface area contributed by atoms with Crippen molar-refractivity contribution in [2.45, 2.75) is 0 Å². The van der Waals surface area contributed by atoms with Gasteiger partial charge in [0, 0.05) is 5.69 Å². The number of anilines is 1. The van der Waals surface area contributed by atoms with Gasteiger partial charge in [-0.15, -0.1) is 0 Å². The zero-order valence-electron chi connectivity index (χ0n) is 8.16. The number of rotatable bonds is 0. The molecule has 0 saturated heterocycles. The maximum atomic E-state index is 8.88. The summed E-state index contributed by atoms with van der Waals surface area (Å²) in [4.78, 5) is 21.6. The van der Waals surface area contributed by atoms with E-state index in [1.807, 2.05) is 30.3 Å². The van der Waals surface area contributed by atoms with Gasteiger partial charge in [0.2, 0.25) is 0 Å². The minimum Gasteiger partial charge on any atom is -1.00 e. The van der Waals surface area contributed by atoms with Crippen molar-refractivity contribution in [1.29, 1.82) is 0 Å². The Hall–Kier alpha value is 0.130. The van der Waals surface area contributed by atoms with E-state index >= 15 is 0 Å². The number of hydrogen-bond donors (Lipinski definition) is 4. The van der Waals surface area contributed by atoms with Gasteiger partial charge >= 0.3 is 37.4 Å². The van der Waals surface area contributed by atoms with E-state index in [1.165, 1.54) is 0 Å². The largest absolute Gasteiger partial charge is 1.00 e. The number of benzene rings is 1. The van der Waals surface area contributed by atoms with Crippen LogP contribution in [0.15, 0.2) is 30.3 Å². The Morgan fingerprint density at radius 2 is 1.46 bits per heavy atom. The summed E-state index contributed by atoms with van der Waals surface area (Å²) in [6.45, 7) is 0. The van der Waals surface area contributed by atoms with Crippen molar-refractivity contribution >= 4 is 13.5 Å². The molecule has 5 nitrogen and oxygen atoms in total. The van der Waals surface area contributed by atoms with Gasteiger partial charge in [-0.3, -0.25) is 0 Å². The van der Waals surface area contributed by atoms with Crippen LogP contribution in [-0.2, 0) is 4.57 Å². The minimum absolute atomic E-state index is 0. The van der Waals surface area contributed by atoms with Gasteiger partial charge in [0.25, 0.3) is 0 Å². The van der Waals surface area contributed by atoms with Crippen LogP contribution in [-0.4, -0.2) is 14.7 Å². The van der Waals surface area contributed by atoms with E-state index in [1.54, 1.807) is 0 Å². The Kier molecular flexibility index (Phi) is 9.03. The van der Waals surface area contributed by atoms with Crippen molar-refractivity contribution in [3.8, 4) is 0 Å². The second-order valence-electron chi connectivity index (χ2n) is 1.92. The second kappa shape index (κ2) is 7.53. The Labute approximate surface area is 99.6 Å². The van der Waals surface area contributed by atoms with Gasteiger partial charge in [-0.05, 0) is 12.1 Å². The number of para-hydroxylation sites is 1. The smallest absolute Gasteiger partial charge is 1.00 e. The van der Waals surface area contributed by atoms with Crippen LogP contribution < -0.4 is 35.3 Å². The molecule has 0 heterocycles. The van der Waals surface area contributed by atoms with Crippen molar-refractivity contribution in [2.24, 2.45) is 0 Å². The third-order valence-electron chi connectivity index (χ3n) is 0.800.